The van der Waals surface area contributed by atoms with Crippen molar-refractivity contribution in [1.82, 2.24) is 5.32 Å². The Kier molecular flexibility index (Phi) is 4.61. The number of furan rings is 1. The molecule has 2 amide bonds. The van der Waals surface area contributed by atoms with Gasteiger partial charge in [0.2, 0.25) is 0 Å². The Morgan fingerprint density at radius 3 is 2.68 bits per heavy atom. The maximum absolute atomic E-state index is 11.7. The molecule has 4 nitrogen and oxygen atoms in total. The number of aryl methyl sites for hydroxylation is 1. The van der Waals surface area contributed by atoms with Crippen molar-refractivity contribution in [3.8, 4) is 0 Å². The van der Waals surface area contributed by atoms with E-state index in [9.17, 15) is 4.79 Å². The minimum Gasteiger partial charge on any atom is -0.469 e. The Bertz CT molecular complexity index is 494. The molecule has 0 unspecified atom stereocenters. The molecule has 19 heavy (non-hydrogen) atoms. The van der Waals surface area contributed by atoms with Crippen LogP contribution in [0.4, 0.5) is 10.5 Å². The zero-order valence-electron chi connectivity index (χ0n) is 10.9. The third-order valence-electron chi connectivity index (χ3n) is 2.81. The van der Waals surface area contributed by atoms with E-state index in [1.807, 2.05) is 49.4 Å². The predicted molar refractivity (Wildman–Crippen MR) is 75.1 cm³/mol. The van der Waals surface area contributed by atoms with E-state index in [0.717, 1.165) is 24.3 Å². The van der Waals surface area contributed by atoms with E-state index < -0.39 is 0 Å². The van der Waals surface area contributed by atoms with Crippen LogP contribution in [0.15, 0.2) is 53.1 Å². The molecule has 0 bridgehead atoms. The molecule has 1 aromatic carbocycles. The summed E-state index contributed by atoms with van der Waals surface area (Å²) in [7, 11) is 0. The zero-order chi connectivity index (χ0) is 13.5. The summed E-state index contributed by atoms with van der Waals surface area (Å²) in [5.74, 6) is 0.942. The van der Waals surface area contributed by atoms with Crippen LogP contribution in [-0.4, -0.2) is 12.1 Å². The van der Waals surface area contributed by atoms with Crippen LogP contribution in [0.5, 0.6) is 0 Å². The summed E-state index contributed by atoms with van der Waals surface area (Å²) in [5.41, 5.74) is 0.790. The topological polar surface area (TPSA) is 54.3 Å². The first-order valence-corrected chi connectivity index (χ1v) is 6.39. The molecule has 0 spiro atoms. The summed E-state index contributed by atoms with van der Waals surface area (Å²) < 4.78 is 5.26. The highest BCUT2D eigenvalue weighted by Gasteiger charge is 2.08. The van der Waals surface area contributed by atoms with Crippen molar-refractivity contribution >= 4 is 11.7 Å². The highest BCUT2D eigenvalue weighted by atomic mass is 16.3. The minimum absolute atomic E-state index is 0.0915. The number of urea groups is 1. The van der Waals surface area contributed by atoms with Gasteiger partial charge >= 0.3 is 6.03 Å². The maximum Gasteiger partial charge on any atom is 0.319 e. The molecule has 0 aliphatic rings. The van der Waals surface area contributed by atoms with Crippen LogP contribution >= 0.6 is 0 Å². The molecule has 0 aliphatic heterocycles. The second-order valence-corrected chi connectivity index (χ2v) is 4.48. The third kappa shape index (κ3) is 4.50. The molecule has 1 heterocycles. The average Bonchev–Trinajstić information content (AvgIpc) is 2.90. The molecule has 0 saturated heterocycles. The molecule has 1 aromatic heterocycles. The number of para-hydroxylation sites is 1. The van der Waals surface area contributed by atoms with Crippen LogP contribution in [0.25, 0.3) is 0 Å². The Labute approximate surface area is 112 Å². The fourth-order valence-corrected chi connectivity index (χ4v) is 1.80. The van der Waals surface area contributed by atoms with E-state index in [4.69, 9.17) is 4.42 Å². The molecule has 0 aliphatic carbocycles. The van der Waals surface area contributed by atoms with Gasteiger partial charge in [-0.1, -0.05) is 18.2 Å². The molecule has 2 aromatic rings. The molecule has 100 valence electrons. The average molecular weight is 258 g/mol. The largest absolute Gasteiger partial charge is 0.469 e. The van der Waals surface area contributed by atoms with Gasteiger partial charge < -0.3 is 15.1 Å². The number of benzene rings is 1. The molecule has 0 fully saturated rings. The van der Waals surface area contributed by atoms with Crippen LogP contribution in [0.3, 0.4) is 0 Å². The van der Waals surface area contributed by atoms with Gasteiger partial charge in [0.1, 0.15) is 5.76 Å². The van der Waals surface area contributed by atoms with Crippen molar-refractivity contribution in [3.05, 3.63) is 54.5 Å². The number of amides is 2. The van der Waals surface area contributed by atoms with Gasteiger partial charge in [0, 0.05) is 18.2 Å². The summed E-state index contributed by atoms with van der Waals surface area (Å²) in [6.45, 7) is 1.98. The molecule has 0 saturated carbocycles. The van der Waals surface area contributed by atoms with Gasteiger partial charge in [-0.25, -0.2) is 4.79 Å². The fourth-order valence-electron chi connectivity index (χ4n) is 1.80. The standard InChI is InChI=1S/C15H18N2O2/c1-12(9-10-14-8-5-11-19-14)16-15(18)17-13-6-3-2-4-7-13/h2-8,11-12H,9-10H2,1H3,(H2,16,17,18)/t12-/m0/s1. The van der Waals surface area contributed by atoms with Crippen molar-refractivity contribution in [2.45, 2.75) is 25.8 Å². The van der Waals surface area contributed by atoms with Crippen molar-refractivity contribution in [2.75, 3.05) is 5.32 Å². The summed E-state index contributed by atoms with van der Waals surface area (Å²) in [6.07, 6.45) is 3.32. The molecular weight excluding hydrogens is 240 g/mol. The van der Waals surface area contributed by atoms with E-state index in [-0.39, 0.29) is 12.1 Å². The quantitative estimate of drug-likeness (QED) is 0.863. The second-order valence-electron chi connectivity index (χ2n) is 4.48. The van der Waals surface area contributed by atoms with Gasteiger partial charge in [0.25, 0.3) is 0 Å². The van der Waals surface area contributed by atoms with Crippen molar-refractivity contribution < 1.29 is 9.21 Å². The molecule has 4 heteroatoms. The lowest BCUT2D eigenvalue weighted by Crippen LogP contribution is -2.36. The smallest absolute Gasteiger partial charge is 0.319 e. The van der Waals surface area contributed by atoms with Gasteiger partial charge in [0.15, 0.2) is 0 Å². The van der Waals surface area contributed by atoms with Gasteiger partial charge in [-0.2, -0.15) is 0 Å². The molecule has 0 radical (unpaired) electrons. The van der Waals surface area contributed by atoms with Gasteiger partial charge in [0.05, 0.1) is 6.26 Å². The predicted octanol–water partition coefficient (Wildman–Crippen LogP) is 3.42. The molecule has 1 atom stereocenters. The van der Waals surface area contributed by atoms with Crippen LogP contribution in [0.1, 0.15) is 19.1 Å². The van der Waals surface area contributed by atoms with Crippen LogP contribution in [0.2, 0.25) is 0 Å². The number of anilines is 1. The van der Waals surface area contributed by atoms with Gasteiger partial charge in [-0.05, 0) is 37.6 Å². The van der Waals surface area contributed by atoms with Crippen molar-refractivity contribution in [3.63, 3.8) is 0 Å². The Morgan fingerprint density at radius 1 is 1.21 bits per heavy atom. The number of carbonyl (C=O) groups is 1. The molecule has 2 N–H and O–H groups in total. The van der Waals surface area contributed by atoms with E-state index in [1.54, 1.807) is 6.26 Å². The second kappa shape index (κ2) is 6.64. The number of carbonyl (C=O) groups excluding carboxylic acids is 1. The number of nitrogens with one attached hydrogen (secondary N) is 2. The summed E-state index contributed by atoms with van der Waals surface area (Å²) >= 11 is 0. The highest BCUT2D eigenvalue weighted by molar-refractivity contribution is 5.89. The fraction of sp³-hybridized carbons (Fsp3) is 0.267. The lowest BCUT2D eigenvalue weighted by molar-refractivity contribution is 0.248. The SMILES string of the molecule is C[C@@H](CCc1ccco1)NC(=O)Nc1ccccc1. The lowest BCUT2D eigenvalue weighted by Gasteiger charge is -2.14. The molecular formula is C15H18N2O2. The summed E-state index contributed by atoms with van der Waals surface area (Å²) in [6, 6.07) is 13.1. The first-order valence-electron chi connectivity index (χ1n) is 6.39. The summed E-state index contributed by atoms with van der Waals surface area (Å²) in [5, 5.41) is 5.69. The highest BCUT2D eigenvalue weighted by Crippen LogP contribution is 2.07. The van der Waals surface area contributed by atoms with Crippen molar-refractivity contribution in [1.29, 1.82) is 0 Å². The van der Waals surface area contributed by atoms with E-state index in [0.29, 0.717) is 0 Å². The van der Waals surface area contributed by atoms with E-state index in [2.05, 4.69) is 10.6 Å². The number of hydrogen-bond acceptors (Lipinski definition) is 2. The van der Waals surface area contributed by atoms with Crippen molar-refractivity contribution in [2.24, 2.45) is 0 Å². The first kappa shape index (κ1) is 13.2. The molecule has 2 rings (SSSR count). The maximum atomic E-state index is 11.7. The van der Waals surface area contributed by atoms with Crippen LogP contribution in [0, 0.1) is 0 Å². The van der Waals surface area contributed by atoms with E-state index in [1.165, 1.54) is 0 Å². The monoisotopic (exact) mass is 258 g/mol. The minimum atomic E-state index is -0.182. The summed E-state index contributed by atoms with van der Waals surface area (Å²) in [4.78, 5) is 11.7. The lowest BCUT2D eigenvalue weighted by atomic mass is 10.1. The third-order valence-corrected chi connectivity index (χ3v) is 2.81. The Balaban J connectivity index is 1.72. The number of hydrogen-bond donors (Lipinski definition) is 2. The Morgan fingerprint density at radius 2 is 2.00 bits per heavy atom. The van der Waals surface area contributed by atoms with E-state index >= 15 is 0 Å². The zero-order valence-corrected chi connectivity index (χ0v) is 10.9. The number of rotatable bonds is 5. The van der Waals surface area contributed by atoms with Gasteiger partial charge in [-0.3, -0.25) is 0 Å². The first-order chi connectivity index (χ1) is 9.24. The van der Waals surface area contributed by atoms with Crippen LogP contribution < -0.4 is 10.6 Å². The normalized spacial score (nSPS) is 11.8. The van der Waals surface area contributed by atoms with Gasteiger partial charge in [-0.15, -0.1) is 0 Å². The van der Waals surface area contributed by atoms with Crippen LogP contribution in [-0.2, 0) is 6.42 Å². The Hall–Kier alpha value is -2.23.